The molecule has 0 spiro atoms. The highest BCUT2D eigenvalue weighted by atomic mass is 79.9. The summed E-state index contributed by atoms with van der Waals surface area (Å²) in [5.74, 6) is 0.999. The highest BCUT2D eigenvalue weighted by Gasteiger charge is 2.16. The summed E-state index contributed by atoms with van der Waals surface area (Å²) in [6.07, 6.45) is 2.14. The van der Waals surface area contributed by atoms with Gasteiger partial charge in [0.2, 0.25) is 5.78 Å². The summed E-state index contributed by atoms with van der Waals surface area (Å²) in [7, 11) is 0. The normalized spacial score (nSPS) is 15.7. The van der Waals surface area contributed by atoms with Crippen LogP contribution in [0.15, 0.2) is 59.2 Å². The third-order valence-corrected chi connectivity index (χ3v) is 5.72. The summed E-state index contributed by atoms with van der Waals surface area (Å²) in [5, 5.41) is 0. The molecule has 0 N–H and O–H groups in total. The molecule has 1 saturated heterocycles. The lowest BCUT2D eigenvalue weighted by Crippen LogP contribution is -2.38. The van der Waals surface area contributed by atoms with Crippen LogP contribution in [0.3, 0.4) is 0 Å². The smallest absolute Gasteiger partial charge is 0.215 e. The van der Waals surface area contributed by atoms with E-state index in [4.69, 9.17) is 9.72 Å². The zero-order chi connectivity index (χ0) is 18.2. The van der Waals surface area contributed by atoms with Crippen LogP contribution < -0.4 is 0 Å². The minimum atomic E-state index is 0.832. The third kappa shape index (κ3) is 3.18. The quantitative estimate of drug-likeness (QED) is 0.495. The maximum atomic E-state index is 5.47. The second-order valence-electron chi connectivity index (χ2n) is 6.90. The molecule has 0 radical (unpaired) electrons. The van der Waals surface area contributed by atoms with E-state index in [1.165, 1.54) is 11.0 Å². The van der Waals surface area contributed by atoms with Gasteiger partial charge in [-0.25, -0.2) is 4.98 Å². The highest BCUT2D eigenvalue weighted by molar-refractivity contribution is 9.10. The fraction of sp³-hybridized carbons (Fsp3) is 0.286. The minimum Gasteiger partial charge on any atom is -0.379 e. The van der Waals surface area contributed by atoms with Crippen molar-refractivity contribution in [2.75, 3.05) is 32.8 Å². The first-order valence-electron chi connectivity index (χ1n) is 9.32. The number of aromatic nitrogens is 3. The zero-order valence-corrected chi connectivity index (χ0v) is 16.6. The van der Waals surface area contributed by atoms with Crippen LogP contribution in [0.25, 0.3) is 28.1 Å². The summed E-state index contributed by atoms with van der Waals surface area (Å²) in [6.45, 7) is 5.61. The maximum Gasteiger partial charge on any atom is 0.215 e. The first kappa shape index (κ1) is 17.0. The maximum absolute atomic E-state index is 5.47. The largest absolute Gasteiger partial charge is 0.379 e. The molecule has 0 saturated carbocycles. The van der Waals surface area contributed by atoms with Gasteiger partial charge in [-0.3, -0.25) is 9.30 Å². The van der Waals surface area contributed by atoms with Crippen LogP contribution in [0.2, 0.25) is 0 Å². The van der Waals surface area contributed by atoms with E-state index in [1.54, 1.807) is 0 Å². The fourth-order valence-corrected chi connectivity index (χ4v) is 4.21. The van der Waals surface area contributed by atoms with Gasteiger partial charge in [0.15, 0.2) is 0 Å². The van der Waals surface area contributed by atoms with E-state index in [2.05, 4.69) is 72.4 Å². The molecule has 2 aromatic carbocycles. The van der Waals surface area contributed by atoms with Crippen molar-refractivity contribution >= 4 is 32.7 Å². The first-order chi connectivity index (χ1) is 13.3. The Hall–Kier alpha value is -2.15. The van der Waals surface area contributed by atoms with E-state index in [1.807, 2.05) is 12.1 Å². The highest BCUT2D eigenvalue weighted by Crippen LogP contribution is 2.27. The molecular formula is C21H21BrN4O. The number of hydrogen-bond acceptors (Lipinski definition) is 3. The fourth-order valence-electron chi connectivity index (χ4n) is 3.82. The Bertz CT molecular complexity index is 1090. The van der Waals surface area contributed by atoms with Gasteiger partial charge in [-0.2, -0.15) is 0 Å². The van der Waals surface area contributed by atoms with Gasteiger partial charge < -0.3 is 9.30 Å². The van der Waals surface area contributed by atoms with Crippen molar-refractivity contribution in [2.45, 2.75) is 6.54 Å². The van der Waals surface area contributed by atoms with Crippen molar-refractivity contribution in [1.29, 1.82) is 0 Å². The van der Waals surface area contributed by atoms with Gasteiger partial charge in [-0.1, -0.05) is 40.2 Å². The van der Waals surface area contributed by atoms with Crippen molar-refractivity contribution < 1.29 is 4.74 Å². The predicted molar refractivity (Wildman–Crippen MR) is 111 cm³/mol. The summed E-state index contributed by atoms with van der Waals surface area (Å²) >= 11 is 3.56. The molecule has 2 aromatic heterocycles. The van der Waals surface area contributed by atoms with E-state index in [-0.39, 0.29) is 0 Å². The van der Waals surface area contributed by atoms with E-state index >= 15 is 0 Å². The second-order valence-corrected chi connectivity index (χ2v) is 7.82. The van der Waals surface area contributed by atoms with E-state index in [9.17, 15) is 0 Å². The summed E-state index contributed by atoms with van der Waals surface area (Å²) in [6, 6.07) is 16.8. The van der Waals surface area contributed by atoms with Crippen LogP contribution in [-0.4, -0.2) is 51.7 Å². The SMILES string of the molecule is Brc1cccc(-c2cn3c4ccccc4n(CCN4CCOCC4)c3n2)c1. The molecule has 0 atom stereocenters. The number of rotatable bonds is 4. The molecule has 4 aromatic rings. The molecule has 5 rings (SSSR count). The van der Waals surface area contributed by atoms with Gasteiger partial charge in [-0.05, 0) is 24.3 Å². The summed E-state index contributed by atoms with van der Waals surface area (Å²) in [5.41, 5.74) is 4.55. The number of ether oxygens (including phenoxy) is 1. The molecule has 0 unspecified atom stereocenters. The molecule has 0 aliphatic carbocycles. The van der Waals surface area contributed by atoms with Crippen molar-refractivity contribution in [1.82, 2.24) is 18.9 Å². The van der Waals surface area contributed by atoms with Gasteiger partial charge in [0.1, 0.15) is 0 Å². The summed E-state index contributed by atoms with van der Waals surface area (Å²) in [4.78, 5) is 7.45. The first-order valence-corrected chi connectivity index (χ1v) is 10.1. The lowest BCUT2D eigenvalue weighted by atomic mass is 10.2. The minimum absolute atomic E-state index is 0.832. The predicted octanol–water partition coefficient (Wildman–Crippen LogP) is 4.05. The molecule has 6 heteroatoms. The van der Waals surface area contributed by atoms with Gasteiger partial charge in [-0.15, -0.1) is 0 Å². The average molecular weight is 425 g/mol. The molecule has 0 amide bonds. The molecule has 5 nitrogen and oxygen atoms in total. The number of halogens is 1. The van der Waals surface area contributed by atoms with Crippen LogP contribution in [-0.2, 0) is 11.3 Å². The number of imidazole rings is 2. The second kappa shape index (κ2) is 7.11. The Kier molecular flexibility index (Phi) is 4.47. The lowest BCUT2D eigenvalue weighted by molar-refractivity contribution is 0.0366. The monoisotopic (exact) mass is 424 g/mol. The average Bonchev–Trinajstić information content (AvgIpc) is 3.25. The van der Waals surface area contributed by atoms with Crippen LogP contribution in [0, 0.1) is 0 Å². The van der Waals surface area contributed by atoms with Crippen LogP contribution in [0.4, 0.5) is 0 Å². The number of nitrogens with zero attached hydrogens (tertiary/aromatic N) is 4. The van der Waals surface area contributed by atoms with E-state index in [0.717, 1.165) is 60.9 Å². The molecule has 1 aliphatic rings. The molecule has 1 fully saturated rings. The molecule has 3 heterocycles. The number of hydrogen-bond donors (Lipinski definition) is 0. The molecule has 27 heavy (non-hydrogen) atoms. The molecule has 138 valence electrons. The Morgan fingerprint density at radius 1 is 0.963 bits per heavy atom. The van der Waals surface area contributed by atoms with Gasteiger partial charge in [0.25, 0.3) is 0 Å². The lowest BCUT2D eigenvalue weighted by Gasteiger charge is -2.26. The third-order valence-electron chi connectivity index (χ3n) is 5.22. The number of benzene rings is 2. The Balaban J connectivity index is 1.57. The Morgan fingerprint density at radius 3 is 2.59 bits per heavy atom. The standard InChI is InChI=1S/C21H21BrN4O/c22-17-5-3-4-16(14-17)18-15-26-20-7-2-1-6-19(20)25(21(26)23-18)9-8-24-10-12-27-13-11-24/h1-7,14-15H,8-13H2. The van der Waals surface area contributed by atoms with Gasteiger partial charge in [0, 0.05) is 42.4 Å². The number of fused-ring (bicyclic) bond motifs is 3. The van der Waals surface area contributed by atoms with E-state index < -0.39 is 0 Å². The van der Waals surface area contributed by atoms with Crippen molar-refractivity contribution in [3.8, 4) is 11.3 Å². The Labute approximate surface area is 166 Å². The van der Waals surface area contributed by atoms with Gasteiger partial charge >= 0.3 is 0 Å². The van der Waals surface area contributed by atoms with E-state index in [0.29, 0.717) is 0 Å². The van der Waals surface area contributed by atoms with Crippen molar-refractivity contribution in [2.24, 2.45) is 0 Å². The molecule has 1 aliphatic heterocycles. The van der Waals surface area contributed by atoms with Crippen LogP contribution >= 0.6 is 15.9 Å². The number of para-hydroxylation sites is 2. The van der Waals surface area contributed by atoms with Crippen LogP contribution in [0.5, 0.6) is 0 Å². The zero-order valence-electron chi connectivity index (χ0n) is 15.0. The molecular weight excluding hydrogens is 404 g/mol. The summed E-state index contributed by atoms with van der Waals surface area (Å²) < 4.78 is 11.1. The van der Waals surface area contributed by atoms with Crippen molar-refractivity contribution in [3.05, 3.63) is 59.2 Å². The van der Waals surface area contributed by atoms with Crippen molar-refractivity contribution in [3.63, 3.8) is 0 Å². The molecule has 0 bridgehead atoms. The number of morpholine rings is 1. The topological polar surface area (TPSA) is 34.7 Å². The van der Waals surface area contributed by atoms with Crippen LogP contribution in [0.1, 0.15) is 0 Å². The Morgan fingerprint density at radius 2 is 1.78 bits per heavy atom. The van der Waals surface area contributed by atoms with Gasteiger partial charge in [0.05, 0.1) is 29.9 Å².